The zero-order chi connectivity index (χ0) is 54.1. The maximum Gasteiger partial charge on any atom is 0.160 e. The lowest BCUT2D eigenvalue weighted by atomic mass is 9.92. The molecule has 0 bridgehead atoms. The molecule has 6 nitrogen and oxygen atoms in total. The number of thiophene rings is 3. The van der Waals surface area contributed by atoms with Crippen LogP contribution in [0, 0.1) is 6.92 Å². The van der Waals surface area contributed by atoms with E-state index >= 15 is 0 Å². The van der Waals surface area contributed by atoms with E-state index in [2.05, 4.69) is 159 Å². The first kappa shape index (κ1) is 52.5. The number of rotatable bonds is 21. The van der Waals surface area contributed by atoms with Crippen LogP contribution >= 0.6 is 34.0 Å². The van der Waals surface area contributed by atoms with E-state index in [9.17, 15) is 4.79 Å². The van der Waals surface area contributed by atoms with Crippen molar-refractivity contribution in [2.24, 2.45) is 0 Å². The van der Waals surface area contributed by atoms with Crippen LogP contribution < -0.4 is 4.90 Å². The Morgan fingerprint density at radius 2 is 1.09 bits per heavy atom. The summed E-state index contributed by atoms with van der Waals surface area (Å²) in [4.78, 5) is 41.9. The molecule has 6 aromatic carbocycles. The summed E-state index contributed by atoms with van der Waals surface area (Å²) in [7, 11) is 0. The van der Waals surface area contributed by atoms with Crippen molar-refractivity contribution in [2.45, 2.75) is 142 Å². The second-order valence-corrected chi connectivity index (χ2v) is 25.7. The lowest BCUT2D eigenvalue weighted by molar-refractivity contribution is 0.112. The molecule has 5 aromatic heterocycles. The van der Waals surface area contributed by atoms with Crippen LogP contribution in [0.1, 0.15) is 148 Å². The third kappa shape index (κ3) is 10.1. The number of aryl methyl sites for hydroxylation is 3. The van der Waals surface area contributed by atoms with Gasteiger partial charge in [-0.1, -0.05) is 181 Å². The second kappa shape index (κ2) is 23.3. The molecule has 6 heterocycles. The summed E-state index contributed by atoms with van der Waals surface area (Å²) in [5, 5.41) is 2.28. The van der Waals surface area contributed by atoms with Gasteiger partial charge in [-0.2, -0.15) is 0 Å². The predicted octanol–water partition coefficient (Wildman–Crippen LogP) is 21.1. The van der Waals surface area contributed by atoms with Crippen LogP contribution in [0.2, 0.25) is 0 Å². The molecule has 80 heavy (non-hydrogen) atoms. The monoisotopic (exact) mass is 1100 g/mol. The van der Waals surface area contributed by atoms with E-state index in [1.54, 1.807) is 11.3 Å². The molecule has 11 aromatic rings. The number of nitrogens with zero attached hydrogens (tertiary/aromatic N) is 5. The number of carbonyl (C=O) groups is 1. The van der Waals surface area contributed by atoms with Gasteiger partial charge in [-0.15, -0.1) is 34.0 Å². The second-order valence-electron chi connectivity index (χ2n) is 22.5. The molecule has 13 rings (SSSR count). The highest BCUT2D eigenvalue weighted by Crippen LogP contribution is 2.54. The minimum atomic E-state index is 0.456. The zero-order valence-electron chi connectivity index (χ0n) is 46.4. The molecular formula is C71H69N5OS3. The molecule has 0 radical (unpaired) electrons. The van der Waals surface area contributed by atoms with Crippen molar-refractivity contribution in [3.8, 4) is 53.8 Å². The maximum absolute atomic E-state index is 12.0. The number of hydrogen-bond donors (Lipinski definition) is 0. The van der Waals surface area contributed by atoms with Crippen molar-refractivity contribution in [1.82, 2.24) is 19.9 Å². The predicted molar refractivity (Wildman–Crippen MR) is 342 cm³/mol. The topological polar surface area (TPSA) is 71.9 Å². The Morgan fingerprint density at radius 1 is 0.512 bits per heavy atom. The number of fused-ring (bicyclic) bond motifs is 10. The Morgan fingerprint density at radius 3 is 1.70 bits per heavy atom. The Bertz CT molecular complexity index is 4030. The van der Waals surface area contributed by atoms with Gasteiger partial charge in [-0.25, -0.2) is 19.9 Å². The summed E-state index contributed by atoms with van der Waals surface area (Å²) in [5.41, 5.74) is 18.5. The summed E-state index contributed by atoms with van der Waals surface area (Å²) < 4.78 is 2.43. The summed E-state index contributed by atoms with van der Waals surface area (Å²) in [6.07, 6.45) is 21.4. The SMILES string of the molecule is CCCCCCCCc1nc2c3cc(-c4ccc(C=O)s4)sc3c3sc(-c4ccc(-c5ccc6c(c5)C5CCCC5N6c5ccc(C)cc5)c5nc(-c6ccccc6)c(-c6ccccc6)nc45)cc3c2nc1CCCCCCCC. The fourth-order valence-corrected chi connectivity index (χ4v) is 16.3. The van der Waals surface area contributed by atoms with E-state index < -0.39 is 0 Å². The van der Waals surface area contributed by atoms with Gasteiger partial charge in [-0.3, -0.25) is 4.79 Å². The molecule has 0 saturated heterocycles. The fraction of sp³-hybridized carbons (Fsp3) is 0.310. The van der Waals surface area contributed by atoms with E-state index in [1.807, 2.05) is 28.7 Å². The third-order valence-corrected chi connectivity index (χ3v) is 20.7. The number of aromatic nitrogens is 4. The molecule has 0 spiro atoms. The number of hydrogen-bond acceptors (Lipinski definition) is 9. The van der Waals surface area contributed by atoms with Gasteiger partial charge in [0.2, 0.25) is 0 Å². The van der Waals surface area contributed by atoms with Gasteiger partial charge in [0.05, 0.1) is 59.1 Å². The highest BCUT2D eigenvalue weighted by atomic mass is 32.1. The Balaban J connectivity index is 1.01. The van der Waals surface area contributed by atoms with E-state index in [-0.39, 0.29) is 0 Å². The summed E-state index contributed by atoms with van der Waals surface area (Å²) in [5.74, 6) is 0.475. The van der Waals surface area contributed by atoms with Crippen LogP contribution in [-0.4, -0.2) is 32.3 Å². The Kier molecular flexibility index (Phi) is 15.3. The van der Waals surface area contributed by atoms with Crippen molar-refractivity contribution in [3.05, 3.63) is 167 Å². The number of carbonyl (C=O) groups excluding carboxylic acids is 1. The Labute approximate surface area is 483 Å². The average Bonchev–Trinajstić information content (AvgIpc) is 4.53. The maximum atomic E-state index is 12.0. The molecule has 0 N–H and O–H groups in total. The van der Waals surface area contributed by atoms with Crippen LogP contribution in [0.15, 0.2) is 140 Å². The first-order valence-corrected chi connectivity index (χ1v) is 32.1. The molecule has 2 aliphatic rings. The normalized spacial score (nSPS) is 15.0. The molecule has 1 fully saturated rings. The molecule has 1 aliphatic heterocycles. The highest BCUT2D eigenvalue weighted by molar-refractivity contribution is 7.32. The summed E-state index contributed by atoms with van der Waals surface area (Å²) in [6, 6.07) is 51.3. The third-order valence-electron chi connectivity index (χ3n) is 17.1. The van der Waals surface area contributed by atoms with Gasteiger partial charge in [-0.05, 0) is 105 Å². The van der Waals surface area contributed by atoms with Crippen molar-refractivity contribution in [2.75, 3.05) is 4.90 Å². The van der Waals surface area contributed by atoms with Crippen LogP contribution in [0.4, 0.5) is 11.4 Å². The van der Waals surface area contributed by atoms with Crippen LogP contribution in [0.25, 0.3) is 96.1 Å². The minimum Gasteiger partial charge on any atom is -0.338 e. The molecule has 0 amide bonds. The van der Waals surface area contributed by atoms with E-state index in [0.717, 1.165) is 118 Å². The van der Waals surface area contributed by atoms with Crippen LogP contribution in [-0.2, 0) is 12.8 Å². The molecule has 1 saturated carbocycles. The van der Waals surface area contributed by atoms with Gasteiger partial charge in [0.25, 0.3) is 0 Å². The largest absolute Gasteiger partial charge is 0.338 e. The van der Waals surface area contributed by atoms with Gasteiger partial charge in [0, 0.05) is 71.0 Å². The summed E-state index contributed by atoms with van der Waals surface area (Å²) in [6.45, 7) is 6.75. The number of anilines is 2. The summed E-state index contributed by atoms with van der Waals surface area (Å²) >= 11 is 5.21. The van der Waals surface area contributed by atoms with Crippen molar-refractivity contribution in [3.63, 3.8) is 0 Å². The number of aldehydes is 1. The lowest BCUT2D eigenvalue weighted by Gasteiger charge is -2.27. The van der Waals surface area contributed by atoms with Crippen LogP contribution in [0.5, 0.6) is 0 Å². The molecule has 9 heteroatoms. The van der Waals surface area contributed by atoms with E-state index in [4.69, 9.17) is 19.9 Å². The standard InChI is InChI=1S/C71H69N5OS3/c1-4-6-8-10-12-20-28-57-58(29-21-13-11-9-7-5-2)73-69-56-43-63(61-40-36-50(44-77)78-61)80-71(56)70-55(68(69)72-57)42-62(79-70)53-38-37-51(66-67(53)75-65(47-25-18-15-19-26-47)64(74-66)46-23-16-14-17-24-46)48-33-39-60-54(41-48)52-27-22-30-59(52)76(60)49-34-31-45(3)32-35-49/h14-19,23-26,31-44,52,59H,4-13,20-22,27-30H2,1-3H3. The molecular weight excluding hydrogens is 1040 g/mol. The van der Waals surface area contributed by atoms with Gasteiger partial charge in [0.1, 0.15) is 0 Å². The molecule has 402 valence electrons. The smallest absolute Gasteiger partial charge is 0.160 e. The van der Waals surface area contributed by atoms with E-state index in [0.29, 0.717) is 12.0 Å². The highest BCUT2D eigenvalue weighted by Gasteiger charge is 2.42. The zero-order valence-corrected chi connectivity index (χ0v) is 48.9. The molecule has 2 unspecified atom stereocenters. The first-order valence-electron chi connectivity index (χ1n) is 29.7. The fourth-order valence-electron chi connectivity index (χ4n) is 12.9. The number of unbranched alkanes of at least 4 members (excludes halogenated alkanes) is 10. The average molecular weight is 1100 g/mol. The van der Waals surface area contributed by atoms with E-state index in [1.165, 1.54) is 132 Å². The van der Waals surface area contributed by atoms with Gasteiger partial charge in [0.15, 0.2) is 6.29 Å². The van der Waals surface area contributed by atoms with Crippen molar-refractivity contribution < 1.29 is 4.79 Å². The molecule has 2 atom stereocenters. The molecule has 1 aliphatic carbocycles. The Hall–Kier alpha value is -6.91. The van der Waals surface area contributed by atoms with Gasteiger partial charge < -0.3 is 4.90 Å². The first-order chi connectivity index (χ1) is 39.5. The lowest BCUT2D eigenvalue weighted by Crippen LogP contribution is -2.26. The van der Waals surface area contributed by atoms with Crippen molar-refractivity contribution >= 4 is 93.9 Å². The van der Waals surface area contributed by atoms with Crippen LogP contribution in [0.3, 0.4) is 0 Å². The number of benzene rings is 6. The van der Waals surface area contributed by atoms with Gasteiger partial charge >= 0.3 is 0 Å². The quantitative estimate of drug-likeness (QED) is 0.0527. The van der Waals surface area contributed by atoms with Crippen molar-refractivity contribution in [1.29, 1.82) is 0 Å². The minimum absolute atomic E-state index is 0.456.